The van der Waals surface area contributed by atoms with Crippen molar-refractivity contribution >= 4 is 11.9 Å². The summed E-state index contributed by atoms with van der Waals surface area (Å²) >= 11 is 0. The van der Waals surface area contributed by atoms with Gasteiger partial charge in [0.1, 0.15) is 0 Å². The molecule has 0 atom stereocenters. The molecule has 110 valence electrons. The zero-order chi connectivity index (χ0) is 13.9. The molecule has 1 rings (SSSR count). The Morgan fingerprint density at radius 2 is 1.89 bits per heavy atom. The Morgan fingerprint density at radius 3 is 2.58 bits per heavy atom. The molecule has 0 aliphatic heterocycles. The maximum Gasteiger partial charge on any atom is 0.305 e. The maximum absolute atomic E-state index is 11.4. The summed E-state index contributed by atoms with van der Waals surface area (Å²) in [6, 6.07) is 0.454. The second kappa shape index (κ2) is 9.78. The van der Waals surface area contributed by atoms with Crippen molar-refractivity contribution in [2.75, 3.05) is 19.7 Å². The lowest BCUT2D eigenvalue weighted by Gasteiger charge is -2.05. The Bertz CT molecular complexity index is 278. The van der Waals surface area contributed by atoms with Crippen molar-refractivity contribution in [3.05, 3.63) is 0 Å². The lowest BCUT2D eigenvalue weighted by molar-refractivity contribution is -0.143. The summed E-state index contributed by atoms with van der Waals surface area (Å²) in [6.07, 6.45) is 6.27. The highest BCUT2D eigenvalue weighted by atomic mass is 16.5. The molecule has 0 bridgehead atoms. The van der Waals surface area contributed by atoms with Crippen molar-refractivity contribution in [3.63, 3.8) is 0 Å². The van der Waals surface area contributed by atoms with Crippen LogP contribution in [0.1, 0.15) is 51.9 Å². The highest BCUT2D eigenvalue weighted by Crippen LogP contribution is 2.18. The van der Waals surface area contributed by atoms with Crippen molar-refractivity contribution in [1.29, 1.82) is 0 Å². The zero-order valence-corrected chi connectivity index (χ0v) is 11.9. The molecule has 0 aromatic carbocycles. The van der Waals surface area contributed by atoms with Gasteiger partial charge < -0.3 is 15.4 Å². The first-order valence-electron chi connectivity index (χ1n) is 7.38. The smallest absolute Gasteiger partial charge is 0.305 e. The van der Waals surface area contributed by atoms with Gasteiger partial charge in [-0.05, 0) is 39.2 Å². The molecule has 0 radical (unpaired) electrons. The van der Waals surface area contributed by atoms with Gasteiger partial charge in [0.15, 0.2) is 0 Å². The Morgan fingerprint density at radius 1 is 1.11 bits per heavy atom. The number of ether oxygens (including phenoxy) is 1. The van der Waals surface area contributed by atoms with E-state index in [1.54, 1.807) is 0 Å². The molecule has 2 N–H and O–H groups in total. The summed E-state index contributed by atoms with van der Waals surface area (Å²) in [7, 11) is 0. The molecule has 1 amide bonds. The van der Waals surface area contributed by atoms with Gasteiger partial charge in [-0.15, -0.1) is 0 Å². The molecule has 0 heterocycles. The lowest BCUT2D eigenvalue weighted by Crippen LogP contribution is -2.29. The first-order valence-corrected chi connectivity index (χ1v) is 7.38. The molecule has 0 spiro atoms. The molecule has 1 saturated carbocycles. The van der Waals surface area contributed by atoms with Crippen LogP contribution >= 0.6 is 0 Å². The third-order valence-corrected chi connectivity index (χ3v) is 3.01. The second-order valence-corrected chi connectivity index (χ2v) is 4.96. The Labute approximate surface area is 115 Å². The summed E-state index contributed by atoms with van der Waals surface area (Å²) in [4.78, 5) is 22.4. The number of carbonyl (C=O) groups excluding carboxylic acids is 2. The van der Waals surface area contributed by atoms with Gasteiger partial charge in [-0.25, -0.2) is 0 Å². The summed E-state index contributed by atoms with van der Waals surface area (Å²) < 4.78 is 4.85. The predicted molar refractivity (Wildman–Crippen MR) is 73.8 cm³/mol. The fraction of sp³-hybridized carbons (Fsp3) is 0.857. The largest absolute Gasteiger partial charge is 0.466 e. The van der Waals surface area contributed by atoms with E-state index in [9.17, 15) is 9.59 Å². The standard InChI is InChI=1S/C14H26N2O3/c1-2-19-14(18)6-4-3-5-10-15-11-9-13(17)16-12-7-8-12/h12,15H,2-11H2,1H3,(H,16,17). The molecule has 0 aromatic rings. The highest BCUT2D eigenvalue weighted by Gasteiger charge is 2.22. The average molecular weight is 270 g/mol. The van der Waals surface area contributed by atoms with Crippen LogP contribution in [0, 0.1) is 0 Å². The van der Waals surface area contributed by atoms with Crippen LogP contribution in [0.25, 0.3) is 0 Å². The summed E-state index contributed by atoms with van der Waals surface area (Å²) in [6.45, 7) is 3.92. The summed E-state index contributed by atoms with van der Waals surface area (Å²) in [5, 5.41) is 6.21. The minimum Gasteiger partial charge on any atom is -0.466 e. The van der Waals surface area contributed by atoms with Crippen molar-refractivity contribution in [2.24, 2.45) is 0 Å². The Kier molecular flexibility index (Phi) is 8.21. The van der Waals surface area contributed by atoms with Crippen LogP contribution in [0.3, 0.4) is 0 Å². The van der Waals surface area contributed by atoms with Crippen LogP contribution < -0.4 is 10.6 Å². The van der Waals surface area contributed by atoms with E-state index in [2.05, 4.69) is 10.6 Å². The average Bonchev–Trinajstić information content (AvgIpc) is 3.16. The molecule has 0 aromatic heterocycles. The van der Waals surface area contributed by atoms with E-state index >= 15 is 0 Å². The number of hydrogen-bond donors (Lipinski definition) is 2. The Hall–Kier alpha value is -1.10. The fourth-order valence-electron chi connectivity index (χ4n) is 1.78. The SMILES string of the molecule is CCOC(=O)CCCCCNCCC(=O)NC1CC1. The second-order valence-electron chi connectivity index (χ2n) is 4.96. The first-order chi connectivity index (χ1) is 9.22. The molecular formula is C14H26N2O3. The van der Waals surface area contributed by atoms with Gasteiger partial charge >= 0.3 is 5.97 Å². The number of carbonyl (C=O) groups is 2. The molecule has 1 aliphatic carbocycles. The fourth-order valence-corrected chi connectivity index (χ4v) is 1.78. The molecule has 5 nitrogen and oxygen atoms in total. The quantitative estimate of drug-likeness (QED) is 0.439. The van der Waals surface area contributed by atoms with Crippen LogP contribution in [0.4, 0.5) is 0 Å². The van der Waals surface area contributed by atoms with Gasteiger partial charge in [0.05, 0.1) is 6.61 Å². The molecule has 0 saturated heterocycles. The van der Waals surface area contributed by atoms with Crippen molar-refractivity contribution < 1.29 is 14.3 Å². The predicted octanol–water partition coefficient (Wildman–Crippen LogP) is 1.37. The minimum absolute atomic E-state index is 0.104. The molecule has 0 unspecified atom stereocenters. The van der Waals surface area contributed by atoms with Gasteiger partial charge in [0, 0.05) is 25.4 Å². The van der Waals surface area contributed by atoms with Crippen LogP contribution in [-0.4, -0.2) is 37.6 Å². The first kappa shape index (κ1) is 16.0. The summed E-state index contributed by atoms with van der Waals surface area (Å²) in [5.74, 6) is 0.0458. The van der Waals surface area contributed by atoms with E-state index in [1.807, 2.05) is 6.92 Å². The molecule has 1 fully saturated rings. The van der Waals surface area contributed by atoms with Crippen LogP contribution in [-0.2, 0) is 14.3 Å². The van der Waals surface area contributed by atoms with E-state index < -0.39 is 0 Å². The van der Waals surface area contributed by atoms with Crippen LogP contribution in [0.5, 0.6) is 0 Å². The van der Waals surface area contributed by atoms with Gasteiger partial charge in [-0.1, -0.05) is 6.42 Å². The molecule has 1 aliphatic rings. The van der Waals surface area contributed by atoms with Gasteiger partial charge in [0.2, 0.25) is 5.91 Å². The third-order valence-electron chi connectivity index (χ3n) is 3.01. The van der Waals surface area contributed by atoms with E-state index in [0.717, 1.165) is 45.2 Å². The zero-order valence-electron chi connectivity index (χ0n) is 11.9. The number of unbranched alkanes of at least 4 members (excludes halogenated alkanes) is 2. The summed E-state index contributed by atoms with van der Waals surface area (Å²) in [5.41, 5.74) is 0. The molecular weight excluding hydrogens is 244 g/mol. The monoisotopic (exact) mass is 270 g/mol. The number of esters is 1. The van der Waals surface area contributed by atoms with E-state index in [0.29, 0.717) is 25.5 Å². The van der Waals surface area contributed by atoms with Gasteiger partial charge in [-0.3, -0.25) is 9.59 Å². The minimum atomic E-state index is -0.104. The van der Waals surface area contributed by atoms with Crippen LogP contribution in [0.2, 0.25) is 0 Å². The lowest BCUT2D eigenvalue weighted by atomic mass is 10.2. The number of nitrogens with one attached hydrogen (secondary N) is 2. The van der Waals surface area contributed by atoms with Gasteiger partial charge in [-0.2, -0.15) is 0 Å². The van der Waals surface area contributed by atoms with E-state index in [-0.39, 0.29) is 11.9 Å². The molecule has 5 heteroatoms. The number of amides is 1. The van der Waals surface area contributed by atoms with Crippen molar-refractivity contribution in [2.45, 2.75) is 57.9 Å². The highest BCUT2D eigenvalue weighted by molar-refractivity contribution is 5.76. The number of hydrogen-bond acceptors (Lipinski definition) is 4. The van der Waals surface area contributed by atoms with Crippen molar-refractivity contribution in [3.8, 4) is 0 Å². The topological polar surface area (TPSA) is 67.4 Å². The maximum atomic E-state index is 11.4. The van der Waals surface area contributed by atoms with Crippen LogP contribution in [0.15, 0.2) is 0 Å². The van der Waals surface area contributed by atoms with Crippen molar-refractivity contribution in [1.82, 2.24) is 10.6 Å². The molecule has 19 heavy (non-hydrogen) atoms. The van der Waals surface area contributed by atoms with Gasteiger partial charge in [0.25, 0.3) is 0 Å². The Balaban J connectivity index is 1.77. The third kappa shape index (κ3) is 9.47. The van der Waals surface area contributed by atoms with E-state index in [4.69, 9.17) is 4.74 Å². The normalized spacial score (nSPS) is 14.2. The van der Waals surface area contributed by atoms with E-state index in [1.165, 1.54) is 0 Å². The number of rotatable bonds is 11.